The van der Waals surface area contributed by atoms with Crippen LogP contribution in [-0.2, 0) is 20.6 Å². The monoisotopic (exact) mass is 385 g/mol. The first-order valence-electron chi connectivity index (χ1n) is 8.28. The standard InChI is InChI=1S/C18H28NO6P/c1-13(2)18(20)25-8-6-7-24-17-15(4)9-14(3)10-16(17)11-19(5)12-26(21,22)23/h9-10H,1,6-8,11-12H2,2-5H3,(H2,21,22,23). The van der Waals surface area contributed by atoms with Crippen LogP contribution in [0.25, 0.3) is 0 Å². The summed E-state index contributed by atoms with van der Waals surface area (Å²) in [6.45, 7) is 9.96. The Morgan fingerprint density at radius 1 is 1.27 bits per heavy atom. The van der Waals surface area contributed by atoms with Crippen molar-refractivity contribution >= 4 is 13.6 Å². The van der Waals surface area contributed by atoms with Gasteiger partial charge in [-0.15, -0.1) is 0 Å². The number of esters is 1. The molecule has 0 saturated heterocycles. The summed E-state index contributed by atoms with van der Waals surface area (Å²) in [5.41, 5.74) is 3.21. The first kappa shape index (κ1) is 22.4. The molecule has 1 aromatic rings. The summed E-state index contributed by atoms with van der Waals surface area (Å²) < 4.78 is 22.1. The van der Waals surface area contributed by atoms with E-state index in [2.05, 4.69) is 6.58 Å². The fraction of sp³-hybridized carbons (Fsp3) is 0.500. The summed E-state index contributed by atoms with van der Waals surface area (Å²) in [6, 6.07) is 3.93. The van der Waals surface area contributed by atoms with E-state index < -0.39 is 13.6 Å². The Kier molecular flexibility index (Phi) is 8.50. The van der Waals surface area contributed by atoms with Gasteiger partial charge in [-0.05, 0) is 33.4 Å². The van der Waals surface area contributed by atoms with Gasteiger partial charge in [0.25, 0.3) is 0 Å². The molecule has 0 atom stereocenters. The van der Waals surface area contributed by atoms with E-state index >= 15 is 0 Å². The molecular weight excluding hydrogens is 357 g/mol. The largest absolute Gasteiger partial charge is 0.493 e. The van der Waals surface area contributed by atoms with Crippen molar-refractivity contribution in [1.29, 1.82) is 0 Å². The van der Waals surface area contributed by atoms with Crippen LogP contribution in [0.3, 0.4) is 0 Å². The second-order valence-corrected chi connectivity index (χ2v) is 8.12. The molecule has 0 radical (unpaired) electrons. The van der Waals surface area contributed by atoms with Crippen molar-refractivity contribution in [3.05, 3.63) is 41.0 Å². The van der Waals surface area contributed by atoms with E-state index in [4.69, 9.17) is 19.3 Å². The number of carbonyl (C=O) groups excluding carboxylic acids is 1. The minimum Gasteiger partial charge on any atom is -0.493 e. The lowest BCUT2D eigenvalue weighted by Crippen LogP contribution is -2.20. The van der Waals surface area contributed by atoms with Crippen molar-refractivity contribution in [2.24, 2.45) is 0 Å². The highest BCUT2D eigenvalue weighted by Gasteiger charge is 2.18. The van der Waals surface area contributed by atoms with Crippen molar-refractivity contribution < 1.29 is 28.6 Å². The van der Waals surface area contributed by atoms with Gasteiger partial charge < -0.3 is 19.3 Å². The third-order valence-corrected chi connectivity index (χ3v) is 4.33. The lowest BCUT2D eigenvalue weighted by Gasteiger charge is -2.21. The van der Waals surface area contributed by atoms with E-state index in [1.807, 2.05) is 26.0 Å². The number of aryl methyl sites for hydroxylation is 2. The Morgan fingerprint density at radius 2 is 1.92 bits per heavy atom. The predicted octanol–water partition coefficient (Wildman–Crippen LogP) is 2.76. The molecule has 0 saturated carbocycles. The Balaban J connectivity index is 2.70. The molecule has 8 heteroatoms. The van der Waals surface area contributed by atoms with Gasteiger partial charge in [-0.1, -0.05) is 24.3 Å². The molecule has 0 unspecified atom stereocenters. The topological polar surface area (TPSA) is 96.3 Å². The van der Waals surface area contributed by atoms with Gasteiger partial charge in [0.05, 0.1) is 13.2 Å². The van der Waals surface area contributed by atoms with Gasteiger partial charge in [0, 0.05) is 24.1 Å². The fourth-order valence-electron chi connectivity index (χ4n) is 2.54. The van der Waals surface area contributed by atoms with Crippen LogP contribution in [-0.4, -0.2) is 47.2 Å². The second-order valence-electron chi connectivity index (χ2n) is 6.51. The molecule has 0 aliphatic carbocycles. The van der Waals surface area contributed by atoms with Crippen LogP contribution < -0.4 is 4.74 Å². The number of rotatable bonds is 10. The minimum absolute atomic E-state index is 0.240. The molecule has 146 valence electrons. The fourth-order valence-corrected chi connectivity index (χ4v) is 3.27. The van der Waals surface area contributed by atoms with Crippen LogP contribution in [0.15, 0.2) is 24.3 Å². The molecule has 0 bridgehead atoms. The van der Waals surface area contributed by atoms with Crippen molar-refractivity contribution in [3.63, 3.8) is 0 Å². The molecule has 2 N–H and O–H groups in total. The summed E-state index contributed by atoms with van der Waals surface area (Å²) in [4.78, 5) is 31.1. The molecule has 0 spiro atoms. The Hall–Kier alpha value is -1.66. The highest BCUT2D eigenvalue weighted by molar-refractivity contribution is 7.51. The van der Waals surface area contributed by atoms with E-state index in [-0.39, 0.29) is 12.9 Å². The highest BCUT2D eigenvalue weighted by Crippen LogP contribution is 2.36. The van der Waals surface area contributed by atoms with Crippen molar-refractivity contribution in [2.45, 2.75) is 33.7 Å². The second kappa shape index (κ2) is 9.88. The van der Waals surface area contributed by atoms with E-state index in [9.17, 15) is 9.36 Å². The molecule has 0 fully saturated rings. The van der Waals surface area contributed by atoms with Crippen molar-refractivity contribution in [3.8, 4) is 5.75 Å². The Morgan fingerprint density at radius 3 is 2.50 bits per heavy atom. The maximum absolute atomic E-state index is 11.3. The molecule has 0 aromatic heterocycles. The van der Waals surface area contributed by atoms with Gasteiger partial charge in [0.15, 0.2) is 0 Å². The molecular formula is C18H28NO6P. The maximum atomic E-state index is 11.3. The number of carbonyl (C=O) groups is 1. The number of nitrogens with zero attached hydrogens (tertiary/aromatic N) is 1. The number of hydrogen-bond donors (Lipinski definition) is 2. The van der Waals surface area contributed by atoms with Crippen LogP contribution in [0.1, 0.15) is 30.0 Å². The minimum atomic E-state index is -4.12. The number of ether oxygens (including phenoxy) is 2. The van der Waals surface area contributed by atoms with Crippen molar-refractivity contribution in [1.82, 2.24) is 4.90 Å². The first-order valence-corrected chi connectivity index (χ1v) is 10.1. The first-order chi connectivity index (χ1) is 12.0. The molecule has 0 aliphatic rings. The zero-order valence-corrected chi connectivity index (χ0v) is 16.7. The summed E-state index contributed by atoms with van der Waals surface area (Å²) in [7, 11) is -2.47. The zero-order chi connectivity index (χ0) is 19.9. The zero-order valence-electron chi connectivity index (χ0n) is 15.8. The molecule has 0 heterocycles. The molecule has 0 aliphatic heterocycles. The molecule has 0 amide bonds. The lowest BCUT2D eigenvalue weighted by atomic mass is 10.1. The van der Waals surface area contributed by atoms with Crippen LogP contribution in [0.5, 0.6) is 5.75 Å². The van der Waals surface area contributed by atoms with Gasteiger partial charge in [-0.3, -0.25) is 9.46 Å². The van der Waals surface area contributed by atoms with Gasteiger partial charge in [0.2, 0.25) is 0 Å². The Labute approximate surface area is 154 Å². The summed E-state index contributed by atoms with van der Waals surface area (Å²) in [5.74, 6) is 0.274. The molecule has 26 heavy (non-hydrogen) atoms. The Bertz CT molecular complexity index is 697. The average Bonchev–Trinajstić information content (AvgIpc) is 2.46. The van der Waals surface area contributed by atoms with Gasteiger partial charge in [-0.25, -0.2) is 4.79 Å². The lowest BCUT2D eigenvalue weighted by molar-refractivity contribution is -0.139. The van der Waals surface area contributed by atoms with Gasteiger partial charge >= 0.3 is 13.6 Å². The summed E-state index contributed by atoms with van der Waals surface area (Å²) >= 11 is 0. The van der Waals surface area contributed by atoms with Gasteiger partial charge in [-0.2, -0.15) is 0 Å². The third-order valence-electron chi connectivity index (χ3n) is 3.48. The van der Waals surface area contributed by atoms with E-state index in [1.54, 1.807) is 18.9 Å². The van der Waals surface area contributed by atoms with E-state index in [1.165, 1.54) is 0 Å². The summed E-state index contributed by atoms with van der Waals surface area (Å²) in [6.07, 6.45) is 0.209. The van der Waals surface area contributed by atoms with E-state index in [0.29, 0.717) is 30.9 Å². The van der Waals surface area contributed by atoms with Crippen LogP contribution in [0, 0.1) is 13.8 Å². The van der Waals surface area contributed by atoms with E-state index in [0.717, 1.165) is 16.7 Å². The quantitative estimate of drug-likeness (QED) is 0.277. The normalized spacial score (nSPS) is 11.5. The SMILES string of the molecule is C=C(C)C(=O)OCCCOc1c(C)cc(C)cc1CN(C)CP(=O)(O)O. The average molecular weight is 385 g/mol. The van der Waals surface area contributed by atoms with Crippen LogP contribution >= 0.6 is 7.60 Å². The van der Waals surface area contributed by atoms with Crippen LogP contribution in [0.4, 0.5) is 0 Å². The molecule has 1 aromatic carbocycles. The van der Waals surface area contributed by atoms with Gasteiger partial charge in [0.1, 0.15) is 12.0 Å². The number of benzene rings is 1. The smallest absolute Gasteiger partial charge is 0.339 e. The van der Waals surface area contributed by atoms with Crippen LogP contribution in [0.2, 0.25) is 0 Å². The number of hydrogen-bond acceptors (Lipinski definition) is 5. The molecule has 7 nitrogen and oxygen atoms in total. The maximum Gasteiger partial charge on any atom is 0.339 e. The highest BCUT2D eigenvalue weighted by atomic mass is 31.2. The molecule has 1 rings (SSSR count). The summed E-state index contributed by atoms with van der Waals surface area (Å²) in [5, 5.41) is 0. The third kappa shape index (κ3) is 8.15. The van der Waals surface area contributed by atoms with Crippen molar-refractivity contribution in [2.75, 3.05) is 26.5 Å². The predicted molar refractivity (Wildman–Crippen MR) is 100 cm³/mol.